The number of methoxy groups -OCH3 is 2. The Labute approximate surface area is 153 Å². The van der Waals surface area contributed by atoms with Gasteiger partial charge in [-0.1, -0.05) is 11.8 Å². The van der Waals surface area contributed by atoms with Gasteiger partial charge >= 0.3 is 0 Å². The van der Waals surface area contributed by atoms with Crippen molar-refractivity contribution in [3.05, 3.63) is 40.3 Å². The van der Waals surface area contributed by atoms with Gasteiger partial charge in [0.05, 0.1) is 31.2 Å². The maximum absolute atomic E-state index is 12.3. The highest BCUT2D eigenvalue weighted by Gasteiger charge is 2.12. The van der Waals surface area contributed by atoms with Gasteiger partial charge in [-0.25, -0.2) is 4.98 Å². The first-order valence-electron chi connectivity index (χ1n) is 7.74. The number of benzene rings is 1. The molecule has 0 unspecified atom stereocenters. The van der Waals surface area contributed by atoms with E-state index in [1.807, 2.05) is 6.92 Å². The third kappa shape index (κ3) is 3.83. The molecule has 26 heavy (non-hydrogen) atoms. The minimum absolute atomic E-state index is 0.0816. The number of thioether (sulfide) groups is 1. The van der Waals surface area contributed by atoms with E-state index in [2.05, 4.69) is 20.3 Å². The Morgan fingerprint density at radius 3 is 2.77 bits per heavy atom. The van der Waals surface area contributed by atoms with E-state index < -0.39 is 0 Å². The van der Waals surface area contributed by atoms with Crippen LogP contribution in [0.25, 0.3) is 11.0 Å². The van der Waals surface area contributed by atoms with Crippen molar-refractivity contribution in [1.82, 2.24) is 15.0 Å². The van der Waals surface area contributed by atoms with Crippen LogP contribution in [0, 0.1) is 6.92 Å². The Hall–Kier alpha value is -2.94. The summed E-state index contributed by atoms with van der Waals surface area (Å²) in [6.07, 6.45) is 0. The van der Waals surface area contributed by atoms with Gasteiger partial charge in [-0.3, -0.25) is 14.6 Å². The van der Waals surface area contributed by atoms with Crippen molar-refractivity contribution >= 4 is 34.4 Å². The largest absolute Gasteiger partial charge is 0.497 e. The molecule has 3 aromatic rings. The molecule has 0 aliphatic heterocycles. The summed E-state index contributed by atoms with van der Waals surface area (Å²) in [5.41, 5.74) is 2.10. The second-order valence-corrected chi connectivity index (χ2v) is 6.45. The van der Waals surface area contributed by atoms with Crippen LogP contribution in [0.5, 0.6) is 11.5 Å². The lowest BCUT2D eigenvalue weighted by Crippen LogP contribution is -2.16. The number of fused-ring (bicyclic) bond motifs is 1. The van der Waals surface area contributed by atoms with Crippen LogP contribution in [-0.2, 0) is 4.79 Å². The summed E-state index contributed by atoms with van der Waals surface area (Å²) in [6.45, 7) is 1.85. The van der Waals surface area contributed by atoms with E-state index in [9.17, 15) is 9.59 Å². The first kappa shape index (κ1) is 17.9. The number of hydrogen-bond donors (Lipinski definition) is 3. The van der Waals surface area contributed by atoms with Gasteiger partial charge in [-0.15, -0.1) is 0 Å². The van der Waals surface area contributed by atoms with E-state index in [1.165, 1.54) is 7.11 Å². The van der Waals surface area contributed by atoms with Crippen LogP contribution in [0.3, 0.4) is 0 Å². The predicted octanol–water partition coefficient (Wildman–Crippen LogP) is 2.31. The summed E-state index contributed by atoms with van der Waals surface area (Å²) < 4.78 is 10.4. The van der Waals surface area contributed by atoms with Gasteiger partial charge in [0.1, 0.15) is 17.0 Å². The summed E-state index contributed by atoms with van der Waals surface area (Å²) in [4.78, 5) is 34.3. The molecule has 1 amide bonds. The molecule has 0 bridgehead atoms. The van der Waals surface area contributed by atoms with Gasteiger partial charge in [-0.2, -0.15) is 0 Å². The van der Waals surface area contributed by atoms with Gasteiger partial charge < -0.3 is 19.8 Å². The number of ether oxygens (including phenoxy) is 2. The molecule has 0 saturated carbocycles. The van der Waals surface area contributed by atoms with Crippen molar-refractivity contribution in [2.24, 2.45) is 0 Å². The average Bonchev–Trinajstić information content (AvgIpc) is 3.01. The summed E-state index contributed by atoms with van der Waals surface area (Å²) >= 11 is 1.14. The summed E-state index contributed by atoms with van der Waals surface area (Å²) in [5, 5.41) is 3.16. The van der Waals surface area contributed by atoms with Crippen LogP contribution in [0.2, 0.25) is 0 Å². The lowest BCUT2D eigenvalue weighted by atomic mass is 10.2. The second kappa shape index (κ2) is 7.52. The number of anilines is 1. The van der Waals surface area contributed by atoms with E-state index >= 15 is 0 Å². The number of nitrogens with one attached hydrogen (secondary N) is 3. The molecule has 0 atom stereocenters. The van der Waals surface area contributed by atoms with Crippen LogP contribution in [0.1, 0.15) is 5.69 Å². The van der Waals surface area contributed by atoms with Crippen LogP contribution in [0.15, 0.2) is 34.2 Å². The van der Waals surface area contributed by atoms with Gasteiger partial charge in [0.25, 0.3) is 5.56 Å². The molecule has 2 aromatic heterocycles. The molecule has 2 heterocycles. The van der Waals surface area contributed by atoms with E-state index in [0.29, 0.717) is 33.4 Å². The number of hydrogen-bond acceptors (Lipinski definition) is 6. The highest BCUT2D eigenvalue weighted by atomic mass is 32.2. The van der Waals surface area contributed by atoms with Gasteiger partial charge in [0.2, 0.25) is 5.91 Å². The third-order valence-electron chi connectivity index (χ3n) is 3.62. The number of rotatable bonds is 6. The number of carbonyl (C=O) groups is 1. The quantitative estimate of drug-likeness (QED) is 0.451. The van der Waals surface area contributed by atoms with Crippen LogP contribution >= 0.6 is 11.8 Å². The molecular weight excluding hydrogens is 356 g/mol. The molecule has 3 rings (SSSR count). The smallest absolute Gasteiger partial charge is 0.275 e. The molecule has 8 nitrogen and oxygen atoms in total. The van der Waals surface area contributed by atoms with Crippen molar-refractivity contribution in [2.45, 2.75) is 12.1 Å². The molecule has 3 N–H and O–H groups in total. The first-order chi connectivity index (χ1) is 12.5. The standard InChI is InChI=1S/C17H18N4O4S/c1-9-6-12-15(18-9)16(23)21-17(20-12)26-8-14(22)19-11-7-10(24-2)4-5-13(11)25-3/h4-7,18H,8H2,1-3H3,(H,19,22)(H,20,21,23). The van der Waals surface area contributed by atoms with Crippen molar-refractivity contribution in [2.75, 3.05) is 25.3 Å². The average molecular weight is 374 g/mol. The molecule has 0 fully saturated rings. The fourth-order valence-corrected chi connectivity index (χ4v) is 3.10. The second-order valence-electron chi connectivity index (χ2n) is 5.49. The molecule has 9 heteroatoms. The number of H-pyrrole nitrogens is 2. The van der Waals surface area contributed by atoms with E-state index in [0.717, 1.165) is 17.5 Å². The van der Waals surface area contributed by atoms with Crippen LogP contribution in [-0.4, -0.2) is 40.8 Å². The van der Waals surface area contributed by atoms with E-state index in [4.69, 9.17) is 9.47 Å². The monoisotopic (exact) mass is 374 g/mol. The number of carbonyl (C=O) groups excluding carboxylic acids is 1. The summed E-state index contributed by atoms with van der Waals surface area (Å²) in [5.74, 6) is 0.959. The number of aromatic amines is 2. The molecule has 0 aliphatic carbocycles. The maximum Gasteiger partial charge on any atom is 0.275 e. The van der Waals surface area contributed by atoms with Crippen LogP contribution in [0.4, 0.5) is 5.69 Å². The third-order valence-corrected chi connectivity index (χ3v) is 4.50. The Kier molecular flexibility index (Phi) is 5.17. The highest BCUT2D eigenvalue weighted by Crippen LogP contribution is 2.29. The zero-order chi connectivity index (χ0) is 18.7. The Balaban J connectivity index is 1.70. The molecule has 0 saturated heterocycles. The van der Waals surface area contributed by atoms with E-state index in [-0.39, 0.29) is 17.2 Å². The van der Waals surface area contributed by atoms with Crippen molar-refractivity contribution < 1.29 is 14.3 Å². The van der Waals surface area contributed by atoms with Gasteiger partial charge in [0, 0.05) is 11.8 Å². The summed E-state index contributed by atoms with van der Waals surface area (Å²) in [6, 6.07) is 6.92. The molecule has 0 spiro atoms. The number of amides is 1. The lowest BCUT2D eigenvalue weighted by Gasteiger charge is -2.11. The Morgan fingerprint density at radius 1 is 1.23 bits per heavy atom. The topological polar surface area (TPSA) is 109 Å². The van der Waals surface area contributed by atoms with Gasteiger partial charge in [0.15, 0.2) is 5.16 Å². The molecule has 136 valence electrons. The summed E-state index contributed by atoms with van der Waals surface area (Å²) in [7, 11) is 3.07. The molecule has 0 radical (unpaired) electrons. The van der Waals surface area contributed by atoms with Crippen molar-refractivity contribution in [3.8, 4) is 11.5 Å². The molecular formula is C17H18N4O4S. The number of aryl methyl sites for hydroxylation is 1. The zero-order valence-electron chi connectivity index (χ0n) is 14.5. The fraction of sp³-hybridized carbons (Fsp3) is 0.235. The normalized spacial score (nSPS) is 10.7. The minimum Gasteiger partial charge on any atom is -0.497 e. The SMILES string of the molecule is COc1ccc(OC)c(NC(=O)CSc2nc3cc(C)[nH]c3c(=O)[nH]2)c1. The highest BCUT2D eigenvalue weighted by molar-refractivity contribution is 7.99. The Morgan fingerprint density at radius 2 is 2.04 bits per heavy atom. The Bertz CT molecular complexity index is 1010. The van der Waals surface area contributed by atoms with E-state index in [1.54, 1.807) is 31.4 Å². The zero-order valence-corrected chi connectivity index (χ0v) is 15.3. The molecule has 1 aromatic carbocycles. The first-order valence-corrected chi connectivity index (χ1v) is 8.73. The lowest BCUT2D eigenvalue weighted by molar-refractivity contribution is -0.113. The predicted molar refractivity (Wildman–Crippen MR) is 100 cm³/mol. The minimum atomic E-state index is -0.263. The van der Waals surface area contributed by atoms with Crippen molar-refractivity contribution in [1.29, 1.82) is 0 Å². The molecule has 0 aliphatic rings. The fourth-order valence-electron chi connectivity index (χ4n) is 2.43. The van der Waals surface area contributed by atoms with Gasteiger partial charge in [-0.05, 0) is 25.1 Å². The maximum atomic E-state index is 12.3. The van der Waals surface area contributed by atoms with Crippen molar-refractivity contribution in [3.63, 3.8) is 0 Å². The number of aromatic nitrogens is 3. The number of nitrogens with zero attached hydrogens (tertiary/aromatic N) is 1. The van der Waals surface area contributed by atoms with Crippen LogP contribution < -0.4 is 20.3 Å².